The first-order valence-electron chi connectivity index (χ1n) is 6.72. The van der Waals surface area contributed by atoms with Gasteiger partial charge >= 0.3 is 12.1 Å². The van der Waals surface area contributed by atoms with Gasteiger partial charge in [-0.1, -0.05) is 0 Å². The predicted octanol–water partition coefficient (Wildman–Crippen LogP) is 2.99. The van der Waals surface area contributed by atoms with Crippen molar-refractivity contribution in [1.29, 1.82) is 5.26 Å². The van der Waals surface area contributed by atoms with Crippen LogP contribution in [-0.2, 0) is 4.74 Å². The largest absolute Gasteiger partial charge is 0.449 e. The van der Waals surface area contributed by atoms with Crippen molar-refractivity contribution in [2.45, 2.75) is 19.9 Å². The van der Waals surface area contributed by atoms with Crippen LogP contribution >= 0.6 is 0 Å². The van der Waals surface area contributed by atoms with E-state index in [1.807, 2.05) is 6.07 Å². The van der Waals surface area contributed by atoms with Crippen LogP contribution in [0.1, 0.15) is 25.5 Å². The average molecular weight is 321 g/mol. The van der Waals surface area contributed by atoms with Crippen molar-refractivity contribution < 1.29 is 23.1 Å². The topological polar surface area (TPSA) is 82.4 Å². The molecule has 0 fully saturated rings. The van der Waals surface area contributed by atoms with E-state index in [1.165, 1.54) is 6.92 Å². The molecule has 8 heteroatoms. The van der Waals surface area contributed by atoms with Gasteiger partial charge in [-0.3, -0.25) is 0 Å². The summed E-state index contributed by atoms with van der Waals surface area (Å²) in [4.78, 5) is 24.8. The molecule has 0 aromatic heterocycles. The van der Waals surface area contributed by atoms with Gasteiger partial charge in [-0.15, -0.1) is 0 Å². The summed E-state index contributed by atoms with van der Waals surface area (Å²) in [6.07, 6.45) is -1.01. The third-order valence-electron chi connectivity index (χ3n) is 3.23. The van der Waals surface area contributed by atoms with Crippen molar-refractivity contribution in [1.82, 2.24) is 10.2 Å². The number of ether oxygens (including phenoxy) is 1. The number of hydrogen-bond donors (Lipinski definition) is 1. The Bertz CT molecular complexity index is 720. The van der Waals surface area contributed by atoms with Gasteiger partial charge in [-0.2, -0.15) is 5.26 Å². The molecule has 0 saturated carbocycles. The Morgan fingerprint density at radius 2 is 2.00 bits per heavy atom. The molecular formula is C15H13F2N3O3. The third kappa shape index (κ3) is 3.13. The fraction of sp³-hybridized carbons (Fsp3) is 0.267. The number of amides is 3. The normalized spacial score (nSPS) is 17.6. The Morgan fingerprint density at radius 3 is 2.52 bits per heavy atom. The molecule has 0 saturated heterocycles. The van der Waals surface area contributed by atoms with Gasteiger partial charge in [0.25, 0.3) is 0 Å². The Balaban J connectivity index is 2.63. The van der Waals surface area contributed by atoms with Gasteiger partial charge < -0.3 is 10.1 Å². The van der Waals surface area contributed by atoms with Crippen molar-refractivity contribution in [2.75, 3.05) is 6.61 Å². The molecule has 1 aromatic carbocycles. The number of allylic oxidation sites excluding steroid dienone is 1. The van der Waals surface area contributed by atoms with Crippen LogP contribution in [0.2, 0.25) is 0 Å². The average Bonchev–Trinajstić information content (AvgIpc) is 2.45. The quantitative estimate of drug-likeness (QED) is 0.908. The first kappa shape index (κ1) is 16.4. The highest BCUT2D eigenvalue weighted by molar-refractivity contribution is 5.94. The highest BCUT2D eigenvalue weighted by Gasteiger charge is 2.40. The first-order chi connectivity index (χ1) is 10.9. The fourth-order valence-corrected chi connectivity index (χ4v) is 2.31. The van der Waals surface area contributed by atoms with Crippen LogP contribution in [0.3, 0.4) is 0 Å². The first-order valence-corrected chi connectivity index (χ1v) is 6.72. The second-order valence-corrected chi connectivity index (χ2v) is 4.75. The highest BCUT2D eigenvalue weighted by atomic mass is 19.1. The van der Waals surface area contributed by atoms with Gasteiger partial charge in [0.2, 0.25) is 0 Å². The summed E-state index contributed by atoms with van der Waals surface area (Å²) in [5.74, 6) is -1.77. The number of urea groups is 1. The number of imide groups is 1. The minimum absolute atomic E-state index is 0.00255. The summed E-state index contributed by atoms with van der Waals surface area (Å²) in [5.41, 5.74) is 0.150. The summed E-state index contributed by atoms with van der Waals surface area (Å²) in [6, 6.07) is 2.33. The number of benzene rings is 1. The minimum Gasteiger partial charge on any atom is -0.449 e. The Kier molecular flexibility index (Phi) is 4.60. The van der Waals surface area contributed by atoms with Gasteiger partial charge in [0.05, 0.1) is 18.2 Å². The molecule has 2 rings (SSSR count). The summed E-state index contributed by atoms with van der Waals surface area (Å²) in [5, 5.41) is 11.7. The van der Waals surface area contributed by atoms with Crippen LogP contribution in [0, 0.1) is 23.0 Å². The van der Waals surface area contributed by atoms with Gasteiger partial charge in [0.15, 0.2) is 0 Å². The molecule has 6 nitrogen and oxygen atoms in total. The second kappa shape index (κ2) is 6.44. The van der Waals surface area contributed by atoms with E-state index < -0.39 is 29.8 Å². The molecule has 1 unspecified atom stereocenters. The zero-order valence-corrected chi connectivity index (χ0v) is 12.4. The molecule has 0 aliphatic carbocycles. The maximum absolute atomic E-state index is 13.5. The van der Waals surface area contributed by atoms with E-state index in [4.69, 9.17) is 4.74 Å². The zero-order chi connectivity index (χ0) is 17.1. The number of nitrogens with zero attached hydrogens (tertiary/aromatic N) is 2. The number of hydrogen-bond acceptors (Lipinski definition) is 4. The molecule has 120 valence electrons. The van der Waals surface area contributed by atoms with Crippen LogP contribution in [0.25, 0.3) is 0 Å². The third-order valence-corrected chi connectivity index (χ3v) is 3.23. The molecule has 1 N–H and O–H groups in total. The van der Waals surface area contributed by atoms with Crippen molar-refractivity contribution in [2.24, 2.45) is 0 Å². The summed E-state index contributed by atoms with van der Waals surface area (Å²) in [6.45, 7) is 3.00. The number of carbonyl (C=O) groups excluding carboxylic acids is 2. The molecule has 0 radical (unpaired) electrons. The van der Waals surface area contributed by atoms with E-state index in [0.717, 1.165) is 12.1 Å². The molecule has 1 aliphatic rings. The van der Waals surface area contributed by atoms with Gasteiger partial charge in [0.1, 0.15) is 17.7 Å². The van der Waals surface area contributed by atoms with E-state index in [0.29, 0.717) is 11.0 Å². The number of carbonyl (C=O) groups is 2. The minimum atomic E-state index is -1.27. The summed E-state index contributed by atoms with van der Waals surface area (Å²) < 4.78 is 31.8. The van der Waals surface area contributed by atoms with Crippen LogP contribution in [-0.4, -0.2) is 23.6 Å². The molecule has 0 spiro atoms. The highest BCUT2D eigenvalue weighted by Crippen LogP contribution is 2.34. The smallest absolute Gasteiger partial charge is 0.418 e. The maximum atomic E-state index is 13.5. The SMILES string of the molecule is CCOC(=O)N1C(=O)NC(C)=C(C#N)C1c1cc(F)cc(F)c1. The molecule has 1 aliphatic heterocycles. The van der Waals surface area contributed by atoms with Crippen molar-refractivity contribution in [3.05, 3.63) is 46.7 Å². The number of nitrogens with one attached hydrogen (secondary N) is 1. The lowest BCUT2D eigenvalue weighted by Crippen LogP contribution is -2.50. The van der Waals surface area contributed by atoms with Crippen LogP contribution in [0.4, 0.5) is 18.4 Å². The van der Waals surface area contributed by atoms with Crippen LogP contribution < -0.4 is 5.32 Å². The van der Waals surface area contributed by atoms with Gasteiger partial charge in [-0.05, 0) is 31.5 Å². The number of halogens is 2. The molecule has 3 amide bonds. The Labute approximate surface area is 130 Å². The zero-order valence-electron chi connectivity index (χ0n) is 12.4. The van der Waals surface area contributed by atoms with E-state index in [-0.39, 0.29) is 23.4 Å². The van der Waals surface area contributed by atoms with Crippen molar-refractivity contribution >= 4 is 12.1 Å². The molecule has 1 heterocycles. The van der Waals surface area contributed by atoms with Crippen molar-refractivity contribution in [3.63, 3.8) is 0 Å². The lowest BCUT2D eigenvalue weighted by Gasteiger charge is -2.34. The predicted molar refractivity (Wildman–Crippen MR) is 74.8 cm³/mol. The summed E-state index contributed by atoms with van der Waals surface area (Å²) in [7, 11) is 0. The van der Waals surface area contributed by atoms with E-state index in [9.17, 15) is 23.6 Å². The lowest BCUT2D eigenvalue weighted by molar-refractivity contribution is 0.104. The lowest BCUT2D eigenvalue weighted by atomic mass is 9.95. The van der Waals surface area contributed by atoms with Crippen LogP contribution in [0.5, 0.6) is 0 Å². The van der Waals surface area contributed by atoms with Gasteiger partial charge in [0, 0.05) is 11.8 Å². The second-order valence-electron chi connectivity index (χ2n) is 4.75. The summed E-state index contributed by atoms with van der Waals surface area (Å²) >= 11 is 0. The van der Waals surface area contributed by atoms with Crippen LogP contribution in [0.15, 0.2) is 29.5 Å². The molecule has 1 atom stereocenters. The van der Waals surface area contributed by atoms with E-state index in [2.05, 4.69) is 5.32 Å². The van der Waals surface area contributed by atoms with E-state index in [1.54, 1.807) is 6.92 Å². The molecule has 23 heavy (non-hydrogen) atoms. The number of nitriles is 1. The molecular weight excluding hydrogens is 308 g/mol. The van der Waals surface area contributed by atoms with E-state index >= 15 is 0 Å². The van der Waals surface area contributed by atoms with Gasteiger partial charge in [-0.25, -0.2) is 23.3 Å². The monoisotopic (exact) mass is 321 g/mol. The van der Waals surface area contributed by atoms with Crippen molar-refractivity contribution in [3.8, 4) is 6.07 Å². The molecule has 1 aromatic rings. The molecule has 0 bridgehead atoms. The fourth-order valence-electron chi connectivity index (χ4n) is 2.31. The maximum Gasteiger partial charge on any atom is 0.418 e. The number of rotatable bonds is 2. The standard InChI is InChI=1S/C15H13F2N3O3/c1-3-23-15(22)20-13(9-4-10(16)6-11(17)5-9)12(7-18)8(2)19-14(20)21/h4-6,13H,3H2,1-2H3,(H,19,21). The Morgan fingerprint density at radius 1 is 1.39 bits per heavy atom. The Hall–Kier alpha value is -2.95.